The first kappa shape index (κ1) is 21.0. The molecule has 0 amide bonds. The van der Waals surface area contributed by atoms with Crippen molar-refractivity contribution >= 4 is 27.5 Å². The number of hydrogen-bond donors (Lipinski definition) is 1. The predicted molar refractivity (Wildman–Crippen MR) is 112 cm³/mol. The normalized spacial score (nSPS) is 12.2. The van der Waals surface area contributed by atoms with E-state index in [4.69, 9.17) is 9.47 Å². The summed E-state index contributed by atoms with van der Waals surface area (Å²) in [5, 5.41) is 10.8. The molecule has 1 atom stereocenters. The Balaban J connectivity index is 1.82. The fourth-order valence-corrected chi connectivity index (χ4v) is 4.27. The molecule has 3 aromatic rings. The first-order valence-electron chi connectivity index (χ1n) is 9.34. The number of esters is 1. The summed E-state index contributed by atoms with van der Waals surface area (Å²) in [6.07, 6.45) is 0.00285. The number of benzene rings is 1. The number of fused-ring (bicyclic) bond motifs is 1. The van der Waals surface area contributed by atoms with Crippen molar-refractivity contribution in [1.29, 1.82) is 0 Å². The molecule has 0 spiro atoms. The van der Waals surface area contributed by atoms with Crippen LogP contribution in [0.4, 0.5) is 0 Å². The highest BCUT2D eigenvalue weighted by Gasteiger charge is 2.22. The van der Waals surface area contributed by atoms with Crippen LogP contribution in [0.15, 0.2) is 29.1 Å². The Kier molecular flexibility index (Phi) is 6.34. The average molecular weight is 416 g/mol. The van der Waals surface area contributed by atoms with E-state index in [-0.39, 0.29) is 18.7 Å². The number of aliphatic hydroxyl groups is 1. The van der Waals surface area contributed by atoms with E-state index in [1.165, 1.54) is 11.7 Å². The molecule has 0 fully saturated rings. The molecule has 1 N–H and O–H groups in total. The number of thiophene rings is 1. The molecular weight excluding hydrogens is 392 g/mol. The molecule has 0 saturated carbocycles. The third-order valence-electron chi connectivity index (χ3n) is 4.75. The van der Waals surface area contributed by atoms with Gasteiger partial charge in [0.05, 0.1) is 19.0 Å². The van der Waals surface area contributed by atoms with Gasteiger partial charge in [-0.2, -0.15) is 0 Å². The fraction of sp³-hybridized carbons (Fsp3) is 0.381. The van der Waals surface area contributed by atoms with Crippen LogP contribution in [0.1, 0.15) is 33.5 Å². The van der Waals surface area contributed by atoms with E-state index in [0.717, 1.165) is 23.3 Å². The lowest BCUT2D eigenvalue weighted by atomic mass is 10.2. The van der Waals surface area contributed by atoms with E-state index in [1.807, 2.05) is 24.3 Å². The van der Waals surface area contributed by atoms with Gasteiger partial charge in [0.25, 0.3) is 5.56 Å². The van der Waals surface area contributed by atoms with Gasteiger partial charge in [-0.15, -0.1) is 11.3 Å². The Morgan fingerprint density at radius 1 is 1.34 bits per heavy atom. The van der Waals surface area contributed by atoms with Crippen LogP contribution >= 0.6 is 11.3 Å². The molecule has 0 bridgehead atoms. The smallest absolute Gasteiger partial charge is 0.348 e. The van der Waals surface area contributed by atoms with Crippen LogP contribution in [-0.4, -0.2) is 40.4 Å². The van der Waals surface area contributed by atoms with Gasteiger partial charge in [-0.25, -0.2) is 9.78 Å². The number of aromatic nitrogens is 2. The molecule has 3 rings (SSSR count). The summed E-state index contributed by atoms with van der Waals surface area (Å²) in [5.74, 6) is 0.654. The molecule has 2 aromatic heterocycles. The van der Waals surface area contributed by atoms with Crippen LogP contribution in [0.5, 0.6) is 5.75 Å². The van der Waals surface area contributed by atoms with Gasteiger partial charge < -0.3 is 14.6 Å². The second-order valence-electron chi connectivity index (χ2n) is 6.77. The highest BCUT2D eigenvalue weighted by atomic mass is 32.1. The van der Waals surface area contributed by atoms with Crippen LogP contribution in [0.25, 0.3) is 10.2 Å². The Hall–Kier alpha value is -2.71. The number of rotatable bonds is 7. The van der Waals surface area contributed by atoms with Crippen molar-refractivity contribution in [3.63, 3.8) is 0 Å². The zero-order chi connectivity index (χ0) is 21.1. The summed E-state index contributed by atoms with van der Waals surface area (Å²) in [6, 6.07) is 7.69. The number of nitrogens with zero attached hydrogens (tertiary/aromatic N) is 2. The van der Waals surface area contributed by atoms with Crippen molar-refractivity contribution in [2.75, 3.05) is 13.7 Å². The summed E-state index contributed by atoms with van der Waals surface area (Å²) in [4.78, 5) is 30.2. The van der Waals surface area contributed by atoms with Crippen LogP contribution in [0.3, 0.4) is 0 Å². The number of carbonyl (C=O) groups excluding carboxylic acids is 1. The summed E-state index contributed by atoms with van der Waals surface area (Å²) >= 11 is 1.14. The SMILES string of the molecule is CCc1cccc(OC[C@@H](O)Cn2c(C)nc3sc(C(=O)OC)c(C)c3c2=O)c1. The monoisotopic (exact) mass is 416 g/mol. The minimum Gasteiger partial charge on any atom is -0.491 e. The van der Waals surface area contributed by atoms with Crippen LogP contribution in [0, 0.1) is 13.8 Å². The zero-order valence-electron chi connectivity index (χ0n) is 16.9. The molecule has 29 heavy (non-hydrogen) atoms. The topological polar surface area (TPSA) is 90.7 Å². The van der Waals surface area contributed by atoms with Crippen molar-refractivity contribution < 1.29 is 19.4 Å². The van der Waals surface area contributed by atoms with Crippen LogP contribution in [0.2, 0.25) is 0 Å². The second-order valence-corrected chi connectivity index (χ2v) is 7.77. The quantitative estimate of drug-likeness (QED) is 0.596. The molecule has 7 nitrogen and oxygen atoms in total. The maximum atomic E-state index is 13.0. The third kappa shape index (κ3) is 4.33. The average Bonchev–Trinajstić information content (AvgIpc) is 3.05. The largest absolute Gasteiger partial charge is 0.491 e. The summed E-state index contributed by atoms with van der Waals surface area (Å²) in [6.45, 7) is 5.56. The molecule has 154 valence electrons. The van der Waals surface area contributed by atoms with Crippen molar-refractivity contribution in [3.05, 3.63) is 56.4 Å². The standard InChI is InChI=1S/C21H24N2O5S/c1-5-14-7-6-8-16(9-14)28-11-15(24)10-23-13(3)22-19-17(20(23)25)12(2)18(29-19)21(26)27-4/h6-9,15,24H,5,10-11H2,1-4H3/t15-/m0/s1. The van der Waals surface area contributed by atoms with Gasteiger partial charge in [-0.1, -0.05) is 19.1 Å². The lowest BCUT2D eigenvalue weighted by Crippen LogP contribution is -2.32. The van der Waals surface area contributed by atoms with Gasteiger partial charge in [0.15, 0.2) is 0 Å². The molecule has 1 aromatic carbocycles. The highest BCUT2D eigenvalue weighted by Crippen LogP contribution is 2.28. The Bertz CT molecular complexity index is 1100. The molecule has 8 heteroatoms. The maximum absolute atomic E-state index is 13.0. The first-order valence-corrected chi connectivity index (χ1v) is 10.2. The predicted octanol–water partition coefficient (Wildman–Crippen LogP) is 2.86. The number of hydrogen-bond acceptors (Lipinski definition) is 7. The number of ether oxygens (including phenoxy) is 2. The van der Waals surface area contributed by atoms with Crippen molar-refractivity contribution in [1.82, 2.24) is 9.55 Å². The summed E-state index contributed by atoms with van der Waals surface area (Å²) in [5.41, 5.74) is 1.40. The van der Waals surface area contributed by atoms with Gasteiger partial charge in [0.1, 0.15) is 34.0 Å². The second kappa shape index (κ2) is 8.75. The maximum Gasteiger partial charge on any atom is 0.348 e. The molecule has 0 aliphatic heterocycles. The minimum atomic E-state index is -0.894. The van der Waals surface area contributed by atoms with E-state index < -0.39 is 12.1 Å². The van der Waals surface area contributed by atoms with Gasteiger partial charge in [0.2, 0.25) is 0 Å². The first-order chi connectivity index (χ1) is 13.8. The van der Waals surface area contributed by atoms with E-state index in [2.05, 4.69) is 11.9 Å². The zero-order valence-corrected chi connectivity index (χ0v) is 17.7. The van der Waals surface area contributed by atoms with E-state index in [1.54, 1.807) is 13.8 Å². The molecule has 2 heterocycles. The Labute approximate surface area is 172 Å². The third-order valence-corrected chi connectivity index (χ3v) is 5.92. The Morgan fingerprint density at radius 3 is 2.79 bits per heavy atom. The van der Waals surface area contributed by atoms with Gasteiger partial charge in [-0.05, 0) is 43.5 Å². The van der Waals surface area contributed by atoms with Gasteiger partial charge in [-0.3, -0.25) is 9.36 Å². The fourth-order valence-electron chi connectivity index (χ4n) is 3.13. The molecule has 0 aliphatic rings. The number of carbonyl (C=O) groups is 1. The van der Waals surface area contributed by atoms with E-state index >= 15 is 0 Å². The summed E-state index contributed by atoms with van der Waals surface area (Å²) in [7, 11) is 1.30. The lowest BCUT2D eigenvalue weighted by molar-refractivity contribution is 0.0605. The highest BCUT2D eigenvalue weighted by molar-refractivity contribution is 7.20. The molecule has 0 saturated heterocycles. The Morgan fingerprint density at radius 2 is 2.10 bits per heavy atom. The van der Waals surface area contributed by atoms with Crippen LogP contribution < -0.4 is 10.3 Å². The number of aliphatic hydroxyl groups excluding tert-OH is 1. The molecule has 0 unspecified atom stereocenters. The van der Waals surface area contributed by atoms with Crippen molar-refractivity contribution in [2.45, 2.75) is 39.8 Å². The lowest BCUT2D eigenvalue weighted by Gasteiger charge is -2.16. The van der Waals surface area contributed by atoms with Gasteiger partial charge in [0, 0.05) is 0 Å². The molecule has 0 aliphatic carbocycles. The number of aryl methyl sites for hydroxylation is 3. The van der Waals surface area contributed by atoms with E-state index in [0.29, 0.717) is 32.2 Å². The van der Waals surface area contributed by atoms with Crippen molar-refractivity contribution in [3.8, 4) is 5.75 Å². The summed E-state index contributed by atoms with van der Waals surface area (Å²) < 4.78 is 11.9. The molecule has 0 radical (unpaired) electrons. The molecular formula is C21H24N2O5S. The van der Waals surface area contributed by atoms with Gasteiger partial charge >= 0.3 is 5.97 Å². The van der Waals surface area contributed by atoms with Crippen LogP contribution in [-0.2, 0) is 17.7 Å². The number of methoxy groups -OCH3 is 1. The minimum absolute atomic E-state index is 0.0456. The van der Waals surface area contributed by atoms with Crippen molar-refractivity contribution in [2.24, 2.45) is 0 Å². The van der Waals surface area contributed by atoms with E-state index in [9.17, 15) is 14.7 Å².